The molecular weight excluding hydrogens is 512 g/mol. The maximum atomic E-state index is 14.0. The minimum absolute atomic E-state index is 0.00662. The monoisotopic (exact) mass is 538 g/mol. The van der Waals surface area contributed by atoms with Gasteiger partial charge in [0, 0.05) is 5.39 Å². The predicted molar refractivity (Wildman–Crippen MR) is 151 cm³/mol. The Morgan fingerprint density at radius 1 is 1.00 bits per heavy atom. The third-order valence-corrected chi connectivity index (χ3v) is 8.59. The molecule has 0 saturated carbocycles. The molecular formula is C29H26N6O3S. The van der Waals surface area contributed by atoms with Gasteiger partial charge in [-0.3, -0.25) is 4.79 Å². The largest absolute Gasteiger partial charge is 0.383 e. The number of fused-ring (bicyclic) bond motifs is 2. The van der Waals surface area contributed by atoms with Gasteiger partial charge in [0.2, 0.25) is 5.78 Å². The summed E-state index contributed by atoms with van der Waals surface area (Å²) in [7, 11) is -4.11. The molecule has 3 aromatic carbocycles. The lowest BCUT2D eigenvalue weighted by Gasteiger charge is -2.12. The Kier molecular flexibility index (Phi) is 5.65. The van der Waals surface area contributed by atoms with Crippen molar-refractivity contribution in [2.24, 2.45) is 0 Å². The van der Waals surface area contributed by atoms with E-state index in [-0.39, 0.29) is 27.9 Å². The van der Waals surface area contributed by atoms with E-state index >= 15 is 0 Å². The summed E-state index contributed by atoms with van der Waals surface area (Å²) < 4.78 is 30.5. The number of hydrogen-bond donors (Lipinski definition) is 2. The second-order valence-electron chi connectivity index (χ2n) is 9.75. The summed E-state index contributed by atoms with van der Waals surface area (Å²) in [5.74, 6) is 0.455. The van der Waals surface area contributed by atoms with Crippen LogP contribution in [0.4, 0.5) is 5.82 Å². The first-order valence-corrected chi connectivity index (χ1v) is 13.9. The smallest absolute Gasteiger partial charge is 0.268 e. The highest BCUT2D eigenvalue weighted by molar-refractivity contribution is 7.90. The summed E-state index contributed by atoms with van der Waals surface area (Å²) >= 11 is 0. The SMILES string of the molecule is Cc1nc2ccc(-n3ncc(C(=O)c4cc5c(C(C)C)cccc5n4S(=O)(=O)c4ccccc4)c3N)cc2[nH]1. The highest BCUT2D eigenvalue weighted by Gasteiger charge is 2.30. The van der Waals surface area contributed by atoms with Crippen LogP contribution in [0.2, 0.25) is 0 Å². The minimum Gasteiger partial charge on any atom is -0.383 e. The molecule has 0 bridgehead atoms. The molecule has 6 aromatic rings. The number of ketones is 1. The first kappa shape index (κ1) is 24.6. The van der Waals surface area contributed by atoms with Gasteiger partial charge in [-0.05, 0) is 60.9 Å². The Labute approximate surface area is 225 Å². The molecule has 3 aromatic heterocycles. The van der Waals surface area contributed by atoms with Crippen molar-refractivity contribution in [3.8, 4) is 5.69 Å². The van der Waals surface area contributed by atoms with Crippen molar-refractivity contribution in [1.29, 1.82) is 0 Å². The van der Waals surface area contributed by atoms with Crippen molar-refractivity contribution in [2.75, 3.05) is 5.73 Å². The highest BCUT2D eigenvalue weighted by atomic mass is 32.2. The van der Waals surface area contributed by atoms with Crippen LogP contribution in [0.5, 0.6) is 0 Å². The number of aryl methyl sites for hydroxylation is 1. The Balaban J connectivity index is 1.54. The molecule has 0 radical (unpaired) electrons. The van der Waals surface area contributed by atoms with Gasteiger partial charge >= 0.3 is 0 Å². The summed E-state index contributed by atoms with van der Waals surface area (Å²) in [6, 6.07) is 20.7. The van der Waals surface area contributed by atoms with E-state index in [0.717, 1.165) is 26.4 Å². The van der Waals surface area contributed by atoms with E-state index in [1.165, 1.54) is 23.0 Å². The number of hydrogen-bond acceptors (Lipinski definition) is 6. The van der Waals surface area contributed by atoms with E-state index < -0.39 is 15.8 Å². The maximum absolute atomic E-state index is 14.0. The lowest BCUT2D eigenvalue weighted by molar-refractivity contribution is 0.103. The van der Waals surface area contributed by atoms with Crippen LogP contribution in [-0.2, 0) is 10.0 Å². The van der Waals surface area contributed by atoms with Crippen molar-refractivity contribution in [2.45, 2.75) is 31.6 Å². The summed E-state index contributed by atoms with van der Waals surface area (Å²) in [5, 5.41) is 5.07. The van der Waals surface area contributed by atoms with Crippen molar-refractivity contribution in [1.82, 2.24) is 23.7 Å². The van der Waals surface area contributed by atoms with E-state index in [2.05, 4.69) is 15.1 Å². The fourth-order valence-electron chi connectivity index (χ4n) is 4.98. The molecule has 3 N–H and O–H groups in total. The normalized spacial score (nSPS) is 12.1. The van der Waals surface area contributed by atoms with Crippen LogP contribution in [-0.4, -0.2) is 37.9 Å². The predicted octanol–water partition coefficient (Wildman–Crippen LogP) is 5.19. The number of nitrogens with one attached hydrogen (secondary N) is 1. The Hall–Kier alpha value is -4.70. The van der Waals surface area contributed by atoms with Gasteiger partial charge in [-0.1, -0.05) is 44.2 Å². The fraction of sp³-hybridized carbons (Fsp3) is 0.138. The molecule has 0 atom stereocenters. The van der Waals surface area contributed by atoms with Gasteiger partial charge in [-0.25, -0.2) is 22.1 Å². The second kappa shape index (κ2) is 8.95. The van der Waals surface area contributed by atoms with Gasteiger partial charge in [-0.15, -0.1) is 0 Å². The number of carbonyl (C=O) groups excluding carboxylic acids is 1. The van der Waals surface area contributed by atoms with E-state index in [1.54, 1.807) is 30.3 Å². The topological polar surface area (TPSA) is 129 Å². The second-order valence-corrected chi connectivity index (χ2v) is 11.5. The zero-order valence-corrected chi connectivity index (χ0v) is 22.4. The molecule has 0 spiro atoms. The van der Waals surface area contributed by atoms with Crippen LogP contribution >= 0.6 is 0 Å². The molecule has 0 unspecified atom stereocenters. The molecule has 9 nitrogen and oxygen atoms in total. The van der Waals surface area contributed by atoms with Crippen molar-refractivity contribution < 1.29 is 13.2 Å². The number of carbonyl (C=O) groups is 1. The number of benzene rings is 3. The fourth-order valence-corrected chi connectivity index (χ4v) is 6.51. The molecule has 0 fully saturated rings. The third kappa shape index (κ3) is 3.91. The van der Waals surface area contributed by atoms with E-state index in [1.807, 2.05) is 51.1 Å². The van der Waals surface area contributed by atoms with Crippen LogP contribution in [0, 0.1) is 6.92 Å². The van der Waals surface area contributed by atoms with Crippen LogP contribution in [0.25, 0.3) is 27.6 Å². The molecule has 0 saturated heterocycles. The van der Waals surface area contributed by atoms with Crippen molar-refractivity contribution in [3.05, 3.63) is 102 Å². The summed E-state index contributed by atoms with van der Waals surface area (Å²) in [6.07, 6.45) is 1.38. The lowest BCUT2D eigenvalue weighted by atomic mass is 9.99. The van der Waals surface area contributed by atoms with Crippen molar-refractivity contribution in [3.63, 3.8) is 0 Å². The Morgan fingerprint density at radius 2 is 1.77 bits per heavy atom. The number of anilines is 1. The van der Waals surface area contributed by atoms with Crippen LogP contribution in [0.3, 0.4) is 0 Å². The average molecular weight is 539 g/mol. The molecule has 0 aliphatic rings. The van der Waals surface area contributed by atoms with Crippen LogP contribution in [0.1, 0.15) is 47.2 Å². The number of nitrogen functional groups attached to an aromatic ring is 1. The van der Waals surface area contributed by atoms with Gasteiger partial charge in [0.1, 0.15) is 17.3 Å². The maximum Gasteiger partial charge on any atom is 0.268 e. The Bertz CT molecular complexity index is 2000. The first-order valence-electron chi connectivity index (χ1n) is 12.5. The number of nitrogens with zero attached hydrogens (tertiary/aromatic N) is 4. The summed E-state index contributed by atoms with van der Waals surface area (Å²) in [4.78, 5) is 21.7. The molecule has 3 heterocycles. The number of rotatable bonds is 6. The van der Waals surface area contributed by atoms with Gasteiger partial charge in [0.25, 0.3) is 10.0 Å². The number of aromatic nitrogens is 5. The van der Waals surface area contributed by atoms with Gasteiger partial charge in [-0.2, -0.15) is 5.10 Å². The van der Waals surface area contributed by atoms with E-state index in [9.17, 15) is 13.2 Å². The number of imidazole rings is 1. The van der Waals surface area contributed by atoms with Crippen LogP contribution in [0.15, 0.2) is 83.9 Å². The third-order valence-electron chi connectivity index (χ3n) is 6.85. The summed E-state index contributed by atoms with van der Waals surface area (Å²) in [5.41, 5.74) is 10.2. The number of H-pyrrole nitrogens is 1. The Morgan fingerprint density at radius 3 is 2.51 bits per heavy atom. The molecule has 39 heavy (non-hydrogen) atoms. The summed E-state index contributed by atoms with van der Waals surface area (Å²) in [6.45, 7) is 5.92. The standard InChI is InChI=1S/C29H26N6O3S/c1-17(2)21-10-7-11-26-22(21)15-27(35(26)39(37,38)20-8-5-4-6-9-20)28(36)23-16-31-34(29(23)30)19-12-13-24-25(14-19)33-18(3)32-24/h4-17H,30H2,1-3H3,(H,32,33). The zero-order chi connectivity index (χ0) is 27.5. The number of aromatic amines is 1. The molecule has 10 heteroatoms. The van der Waals surface area contributed by atoms with E-state index in [0.29, 0.717) is 16.6 Å². The molecule has 0 aliphatic heterocycles. The van der Waals surface area contributed by atoms with Gasteiger partial charge in [0.15, 0.2) is 0 Å². The highest BCUT2D eigenvalue weighted by Crippen LogP contribution is 2.33. The molecule has 196 valence electrons. The lowest BCUT2D eigenvalue weighted by Crippen LogP contribution is -2.19. The quantitative estimate of drug-likeness (QED) is 0.281. The van der Waals surface area contributed by atoms with E-state index in [4.69, 9.17) is 5.73 Å². The van der Waals surface area contributed by atoms with Gasteiger partial charge in [0.05, 0.1) is 38.9 Å². The minimum atomic E-state index is -4.11. The first-order chi connectivity index (χ1) is 18.7. The van der Waals surface area contributed by atoms with Crippen LogP contribution < -0.4 is 5.73 Å². The molecule has 0 amide bonds. The van der Waals surface area contributed by atoms with Crippen molar-refractivity contribution >= 4 is 43.6 Å². The zero-order valence-electron chi connectivity index (χ0n) is 21.6. The average Bonchev–Trinajstić information content (AvgIpc) is 3.61. The molecule has 0 aliphatic carbocycles. The number of nitrogens with two attached hydrogens (primary N) is 1. The van der Waals surface area contributed by atoms with Gasteiger partial charge < -0.3 is 10.7 Å². The molecule has 6 rings (SSSR count).